The molecule has 0 fully saturated rings. The van der Waals surface area contributed by atoms with Crippen molar-refractivity contribution < 1.29 is 18.0 Å². The molecule has 204 valence electrons. The number of anilines is 1. The van der Waals surface area contributed by atoms with Crippen LogP contribution in [0.15, 0.2) is 42.5 Å². The molecule has 0 heterocycles. The number of sulfonamides is 1. The summed E-state index contributed by atoms with van der Waals surface area (Å²) in [6, 6.07) is 12.1. The van der Waals surface area contributed by atoms with Crippen molar-refractivity contribution in [2.75, 3.05) is 23.7 Å². The van der Waals surface area contributed by atoms with E-state index < -0.39 is 16.1 Å². The van der Waals surface area contributed by atoms with Crippen LogP contribution in [0.25, 0.3) is 0 Å². The number of hydrogen-bond donors (Lipinski definition) is 1. The number of benzene rings is 2. The zero-order chi connectivity index (χ0) is 27.6. The average molecular weight is 550 g/mol. The van der Waals surface area contributed by atoms with Crippen LogP contribution in [0.1, 0.15) is 62.6 Å². The van der Waals surface area contributed by atoms with Crippen LogP contribution in [-0.4, -0.2) is 50.5 Å². The van der Waals surface area contributed by atoms with Gasteiger partial charge in [-0.2, -0.15) is 0 Å². The lowest BCUT2D eigenvalue weighted by molar-refractivity contribution is -0.141. The average Bonchev–Trinajstić information content (AvgIpc) is 2.84. The highest BCUT2D eigenvalue weighted by Gasteiger charge is 2.28. The Morgan fingerprint density at radius 1 is 1.00 bits per heavy atom. The summed E-state index contributed by atoms with van der Waals surface area (Å²) in [4.78, 5) is 28.1. The maximum atomic E-state index is 13.5. The van der Waals surface area contributed by atoms with E-state index in [0.29, 0.717) is 30.1 Å². The fraction of sp³-hybridized carbons (Fsp3) is 0.500. The van der Waals surface area contributed by atoms with Crippen molar-refractivity contribution in [2.24, 2.45) is 0 Å². The zero-order valence-corrected chi connectivity index (χ0v) is 24.2. The van der Waals surface area contributed by atoms with Gasteiger partial charge >= 0.3 is 0 Å². The molecule has 7 nitrogen and oxygen atoms in total. The Kier molecular flexibility index (Phi) is 11.9. The Balaban J connectivity index is 2.20. The Labute approximate surface area is 227 Å². The fourth-order valence-corrected chi connectivity index (χ4v) is 5.18. The van der Waals surface area contributed by atoms with Gasteiger partial charge in [-0.15, -0.1) is 0 Å². The Bertz CT molecular complexity index is 1150. The largest absolute Gasteiger partial charge is 0.354 e. The van der Waals surface area contributed by atoms with E-state index in [9.17, 15) is 18.0 Å². The molecule has 0 radical (unpaired) electrons. The number of aryl methyl sites for hydroxylation is 2. The number of amides is 2. The quantitative estimate of drug-likeness (QED) is 0.327. The van der Waals surface area contributed by atoms with Gasteiger partial charge in [0.1, 0.15) is 6.04 Å². The Hall–Kier alpha value is -2.58. The molecule has 0 aliphatic heterocycles. The van der Waals surface area contributed by atoms with Crippen LogP contribution in [0, 0.1) is 13.8 Å². The molecule has 9 heteroatoms. The van der Waals surface area contributed by atoms with E-state index in [1.54, 1.807) is 23.1 Å². The summed E-state index contributed by atoms with van der Waals surface area (Å²) in [6.45, 7) is 8.85. The van der Waals surface area contributed by atoms with Crippen LogP contribution in [-0.2, 0) is 26.2 Å². The van der Waals surface area contributed by atoms with E-state index in [0.717, 1.165) is 29.5 Å². The van der Waals surface area contributed by atoms with Crippen molar-refractivity contribution in [1.29, 1.82) is 0 Å². The lowest BCUT2D eigenvalue weighted by Crippen LogP contribution is -2.49. The van der Waals surface area contributed by atoms with Gasteiger partial charge in [-0.05, 0) is 74.1 Å². The van der Waals surface area contributed by atoms with Gasteiger partial charge in [-0.1, -0.05) is 50.1 Å². The van der Waals surface area contributed by atoms with Crippen molar-refractivity contribution in [2.45, 2.75) is 72.4 Å². The molecular formula is C28H40ClN3O4S. The first-order valence-electron chi connectivity index (χ1n) is 12.8. The number of hydrogen-bond acceptors (Lipinski definition) is 4. The van der Waals surface area contributed by atoms with E-state index >= 15 is 0 Å². The normalized spacial score (nSPS) is 12.2. The first-order valence-corrected chi connectivity index (χ1v) is 15.1. The molecule has 0 saturated carbocycles. The summed E-state index contributed by atoms with van der Waals surface area (Å²) in [5.41, 5.74) is 3.52. The van der Waals surface area contributed by atoms with E-state index in [2.05, 4.69) is 12.2 Å². The topological polar surface area (TPSA) is 86.8 Å². The van der Waals surface area contributed by atoms with Crippen molar-refractivity contribution >= 4 is 39.1 Å². The fourth-order valence-electron chi connectivity index (χ4n) is 4.10. The van der Waals surface area contributed by atoms with Crippen LogP contribution in [0.4, 0.5) is 5.69 Å². The van der Waals surface area contributed by atoms with Crippen LogP contribution < -0.4 is 9.62 Å². The van der Waals surface area contributed by atoms with Crippen molar-refractivity contribution in [3.05, 3.63) is 64.2 Å². The van der Waals surface area contributed by atoms with Gasteiger partial charge < -0.3 is 10.2 Å². The standard InChI is InChI=1S/C28H40ClN3O4S/c1-6-8-17-30-28(34)26(7-2)31(20-23-12-14-24(29)15-13-23)27(33)10-9-18-32(37(5,35)36)25-16-11-21(3)22(4)19-25/h11-16,19,26H,6-10,17-18,20H2,1-5H3,(H,30,34). The summed E-state index contributed by atoms with van der Waals surface area (Å²) < 4.78 is 26.4. The second-order valence-electron chi connectivity index (χ2n) is 9.42. The lowest BCUT2D eigenvalue weighted by atomic mass is 10.1. The van der Waals surface area contributed by atoms with Crippen molar-refractivity contribution in [3.63, 3.8) is 0 Å². The monoisotopic (exact) mass is 549 g/mol. The maximum Gasteiger partial charge on any atom is 0.242 e. The molecule has 2 aromatic rings. The third kappa shape index (κ3) is 9.34. The molecular weight excluding hydrogens is 510 g/mol. The summed E-state index contributed by atoms with van der Waals surface area (Å²) in [5.74, 6) is -0.368. The number of unbranched alkanes of at least 4 members (excludes halogenated alkanes) is 1. The smallest absolute Gasteiger partial charge is 0.242 e. The van der Waals surface area contributed by atoms with Crippen molar-refractivity contribution in [3.8, 4) is 0 Å². The number of halogens is 1. The van der Waals surface area contributed by atoms with Gasteiger partial charge in [-0.25, -0.2) is 8.42 Å². The number of carbonyl (C=O) groups is 2. The molecule has 1 unspecified atom stereocenters. The highest BCUT2D eigenvalue weighted by atomic mass is 35.5. The minimum atomic E-state index is -3.53. The maximum absolute atomic E-state index is 13.5. The molecule has 0 aliphatic rings. The highest BCUT2D eigenvalue weighted by Crippen LogP contribution is 2.22. The highest BCUT2D eigenvalue weighted by molar-refractivity contribution is 7.92. The third-order valence-electron chi connectivity index (χ3n) is 6.41. The van der Waals surface area contributed by atoms with Gasteiger partial charge in [-0.3, -0.25) is 13.9 Å². The molecule has 1 N–H and O–H groups in total. The summed E-state index contributed by atoms with van der Waals surface area (Å²) in [7, 11) is -3.53. The predicted octanol–water partition coefficient (Wildman–Crippen LogP) is 5.23. The second-order valence-corrected chi connectivity index (χ2v) is 11.8. The second kappa shape index (κ2) is 14.4. The molecule has 0 saturated heterocycles. The van der Waals surface area contributed by atoms with Crippen LogP contribution in [0.2, 0.25) is 5.02 Å². The van der Waals surface area contributed by atoms with Crippen LogP contribution in [0.5, 0.6) is 0 Å². The number of rotatable bonds is 14. The minimum Gasteiger partial charge on any atom is -0.354 e. The molecule has 2 aromatic carbocycles. The number of carbonyl (C=O) groups excluding carboxylic acids is 2. The van der Waals surface area contributed by atoms with E-state index in [-0.39, 0.29) is 31.3 Å². The Morgan fingerprint density at radius 2 is 1.68 bits per heavy atom. The molecule has 0 aliphatic carbocycles. The molecule has 2 amide bonds. The van der Waals surface area contributed by atoms with Gasteiger partial charge in [0, 0.05) is 31.1 Å². The van der Waals surface area contributed by atoms with Gasteiger partial charge in [0.15, 0.2) is 0 Å². The van der Waals surface area contributed by atoms with Gasteiger partial charge in [0.25, 0.3) is 0 Å². The summed E-state index contributed by atoms with van der Waals surface area (Å²) in [6.07, 6.45) is 3.90. The lowest BCUT2D eigenvalue weighted by Gasteiger charge is -2.31. The minimum absolute atomic E-state index is 0.114. The van der Waals surface area contributed by atoms with Crippen LogP contribution >= 0.6 is 11.6 Å². The number of nitrogens with zero attached hydrogens (tertiary/aromatic N) is 2. The van der Waals surface area contributed by atoms with E-state index in [1.807, 2.05) is 45.0 Å². The van der Waals surface area contributed by atoms with E-state index in [4.69, 9.17) is 11.6 Å². The molecule has 0 aromatic heterocycles. The zero-order valence-electron chi connectivity index (χ0n) is 22.6. The summed E-state index contributed by atoms with van der Waals surface area (Å²) >= 11 is 6.03. The van der Waals surface area contributed by atoms with Gasteiger partial charge in [0.05, 0.1) is 11.9 Å². The van der Waals surface area contributed by atoms with Gasteiger partial charge in [0.2, 0.25) is 21.8 Å². The first kappa shape index (κ1) is 30.6. The van der Waals surface area contributed by atoms with Crippen molar-refractivity contribution in [1.82, 2.24) is 10.2 Å². The molecule has 1 atom stereocenters. The predicted molar refractivity (Wildman–Crippen MR) is 151 cm³/mol. The Morgan fingerprint density at radius 3 is 2.24 bits per heavy atom. The summed E-state index contributed by atoms with van der Waals surface area (Å²) in [5, 5.41) is 3.54. The third-order valence-corrected chi connectivity index (χ3v) is 7.86. The first-order chi connectivity index (χ1) is 17.5. The van der Waals surface area contributed by atoms with Crippen LogP contribution in [0.3, 0.4) is 0 Å². The van der Waals surface area contributed by atoms with E-state index in [1.165, 1.54) is 10.6 Å². The molecule has 2 rings (SSSR count). The number of nitrogens with one attached hydrogen (secondary N) is 1. The molecule has 0 spiro atoms. The molecule has 0 bridgehead atoms. The molecule has 37 heavy (non-hydrogen) atoms. The SMILES string of the molecule is CCCCNC(=O)C(CC)N(Cc1ccc(Cl)cc1)C(=O)CCCN(c1ccc(C)c(C)c1)S(C)(=O)=O.